The van der Waals surface area contributed by atoms with Crippen molar-refractivity contribution in [3.63, 3.8) is 0 Å². The number of anilines is 2. The van der Waals surface area contributed by atoms with Gasteiger partial charge < -0.3 is 14.4 Å². The Labute approximate surface area is 207 Å². The van der Waals surface area contributed by atoms with Gasteiger partial charge >= 0.3 is 0 Å². The molecule has 0 aliphatic carbocycles. The lowest BCUT2D eigenvalue weighted by Crippen LogP contribution is -2.54. The SMILES string of the molecule is CC1CN(c2ccc(S(=O)(=O)Nc3nncs3)cc2)CCN1C(=O)Cn1ccc2ccc(F)cc21.[HH]. The maximum atomic E-state index is 13.7. The predicted octanol–water partition coefficient (Wildman–Crippen LogP) is 3.42. The van der Waals surface area contributed by atoms with Crippen molar-refractivity contribution < 1.29 is 19.0 Å². The number of sulfonamides is 1. The number of halogens is 1. The number of amides is 1. The minimum atomic E-state index is -3.74. The van der Waals surface area contributed by atoms with E-state index in [1.165, 1.54) is 17.6 Å². The molecule has 0 saturated carbocycles. The van der Waals surface area contributed by atoms with E-state index in [4.69, 9.17) is 0 Å². The number of carbonyl (C=O) groups is 1. The van der Waals surface area contributed by atoms with Crippen molar-refractivity contribution in [1.29, 1.82) is 0 Å². The first-order valence-electron chi connectivity index (χ1n) is 11.0. The maximum Gasteiger partial charge on any atom is 0.263 e. The van der Waals surface area contributed by atoms with Gasteiger partial charge in [0, 0.05) is 39.0 Å². The summed E-state index contributed by atoms with van der Waals surface area (Å²) in [7, 11) is -3.74. The second-order valence-corrected chi connectivity index (χ2v) is 10.9. The van der Waals surface area contributed by atoms with Gasteiger partial charge in [0.2, 0.25) is 11.0 Å². The smallest absolute Gasteiger partial charge is 0.263 e. The molecule has 35 heavy (non-hydrogen) atoms. The number of nitrogens with one attached hydrogen (secondary N) is 1. The summed E-state index contributed by atoms with van der Waals surface area (Å²) in [5, 5.41) is 8.44. The van der Waals surface area contributed by atoms with Crippen molar-refractivity contribution in [2.75, 3.05) is 29.3 Å². The third kappa shape index (κ3) is 4.84. The van der Waals surface area contributed by atoms with Crippen LogP contribution in [-0.2, 0) is 21.4 Å². The fraction of sp³-hybridized carbons (Fsp3) is 0.261. The van der Waals surface area contributed by atoms with Crippen LogP contribution in [0.4, 0.5) is 15.2 Å². The molecule has 1 aliphatic rings. The van der Waals surface area contributed by atoms with Crippen LogP contribution in [0.15, 0.2) is 65.1 Å². The summed E-state index contributed by atoms with van der Waals surface area (Å²) in [6.07, 6.45) is 1.80. The highest BCUT2D eigenvalue weighted by atomic mass is 32.2. The van der Waals surface area contributed by atoms with E-state index in [2.05, 4.69) is 19.8 Å². The van der Waals surface area contributed by atoms with E-state index in [-0.39, 0.29) is 35.8 Å². The van der Waals surface area contributed by atoms with Crippen LogP contribution in [0.2, 0.25) is 0 Å². The van der Waals surface area contributed by atoms with Gasteiger partial charge in [-0.15, -0.1) is 10.2 Å². The lowest BCUT2D eigenvalue weighted by molar-refractivity contribution is -0.134. The van der Waals surface area contributed by atoms with Gasteiger partial charge in [-0.05, 0) is 60.8 Å². The maximum absolute atomic E-state index is 13.7. The van der Waals surface area contributed by atoms with Gasteiger partial charge in [0.05, 0.1) is 10.4 Å². The summed E-state index contributed by atoms with van der Waals surface area (Å²) >= 11 is 1.10. The molecule has 4 aromatic rings. The Morgan fingerprint density at radius 2 is 2.00 bits per heavy atom. The number of piperazine rings is 1. The number of hydrogen-bond acceptors (Lipinski definition) is 7. The van der Waals surface area contributed by atoms with Crippen molar-refractivity contribution in [3.8, 4) is 0 Å². The molecular formula is C23H25FN6O3S2. The molecular weight excluding hydrogens is 491 g/mol. The van der Waals surface area contributed by atoms with E-state index >= 15 is 0 Å². The van der Waals surface area contributed by atoms with E-state index in [1.807, 2.05) is 17.9 Å². The molecule has 5 rings (SSSR count). The Kier molecular flexibility index (Phi) is 6.15. The number of hydrogen-bond donors (Lipinski definition) is 1. The molecule has 0 radical (unpaired) electrons. The number of benzene rings is 2. The molecule has 2 aromatic heterocycles. The van der Waals surface area contributed by atoms with E-state index in [0.717, 1.165) is 22.4 Å². The first-order chi connectivity index (χ1) is 16.8. The average molecular weight is 517 g/mol. The molecule has 9 nitrogen and oxygen atoms in total. The van der Waals surface area contributed by atoms with Crippen LogP contribution in [0.3, 0.4) is 0 Å². The Balaban J connectivity index is 0.00000304. The zero-order chi connectivity index (χ0) is 24.6. The molecule has 1 fully saturated rings. The molecule has 1 N–H and O–H groups in total. The summed E-state index contributed by atoms with van der Waals surface area (Å²) in [5.74, 6) is -0.357. The van der Waals surface area contributed by atoms with Crippen molar-refractivity contribution in [1.82, 2.24) is 19.7 Å². The second kappa shape index (κ2) is 9.27. The number of rotatable bonds is 6. The summed E-state index contributed by atoms with van der Waals surface area (Å²) in [5.41, 5.74) is 3.03. The van der Waals surface area contributed by atoms with Crippen LogP contribution in [0.5, 0.6) is 0 Å². The molecule has 2 aromatic carbocycles. The number of fused-ring (bicyclic) bond motifs is 1. The van der Waals surface area contributed by atoms with Gasteiger partial charge in [0.15, 0.2) is 0 Å². The van der Waals surface area contributed by atoms with Gasteiger partial charge in [0.1, 0.15) is 17.9 Å². The van der Waals surface area contributed by atoms with Crippen molar-refractivity contribution in [3.05, 3.63) is 66.1 Å². The highest BCUT2D eigenvalue weighted by Gasteiger charge is 2.28. The van der Waals surface area contributed by atoms with Crippen LogP contribution in [0.25, 0.3) is 10.9 Å². The summed E-state index contributed by atoms with van der Waals surface area (Å²) < 4.78 is 42.9. The third-order valence-electron chi connectivity index (χ3n) is 6.08. The standard InChI is InChI=1S/C23H23FN6O3S2.H2/c1-16-13-28(19-4-6-20(7-5-19)35(32,33)27-23-26-25-15-34-23)10-11-30(16)22(31)14-29-9-8-17-2-3-18(24)12-21(17)29;/h2-9,12,15-16H,10-11,13-14H2,1H3,(H,26,27);1H. The highest BCUT2D eigenvalue weighted by molar-refractivity contribution is 7.93. The fourth-order valence-electron chi connectivity index (χ4n) is 4.32. The average Bonchev–Trinajstić information content (AvgIpc) is 3.48. The lowest BCUT2D eigenvalue weighted by Gasteiger charge is -2.41. The van der Waals surface area contributed by atoms with Gasteiger partial charge in [0.25, 0.3) is 10.0 Å². The molecule has 0 spiro atoms. The molecule has 1 saturated heterocycles. The van der Waals surface area contributed by atoms with Gasteiger partial charge in [-0.1, -0.05) is 11.3 Å². The molecule has 184 valence electrons. The molecule has 1 unspecified atom stereocenters. The number of aromatic nitrogens is 3. The Morgan fingerprint density at radius 3 is 2.71 bits per heavy atom. The summed E-state index contributed by atoms with van der Waals surface area (Å²) in [4.78, 5) is 17.1. The number of carbonyl (C=O) groups excluding carboxylic acids is 1. The largest absolute Gasteiger partial charge is 0.368 e. The monoisotopic (exact) mass is 516 g/mol. The second-order valence-electron chi connectivity index (χ2n) is 8.37. The zero-order valence-electron chi connectivity index (χ0n) is 18.8. The van der Waals surface area contributed by atoms with Gasteiger partial charge in [-0.25, -0.2) is 12.8 Å². The van der Waals surface area contributed by atoms with Gasteiger partial charge in [-0.2, -0.15) is 0 Å². The minimum absolute atomic E-state index is 0. The molecule has 1 aliphatic heterocycles. The third-order valence-corrected chi connectivity index (χ3v) is 8.17. The van der Waals surface area contributed by atoms with Crippen molar-refractivity contribution in [2.45, 2.75) is 24.4 Å². The minimum Gasteiger partial charge on any atom is -0.368 e. The van der Waals surface area contributed by atoms with Crippen LogP contribution >= 0.6 is 11.3 Å². The highest BCUT2D eigenvalue weighted by Crippen LogP contribution is 2.24. The van der Waals surface area contributed by atoms with Crippen LogP contribution < -0.4 is 9.62 Å². The Morgan fingerprint density at radius 1 is 1.20 bits per heavy atom. The fourth-order valence-corrected chi connectivity index (χ4v) is 6.01. The lowest BCUT2D eigenvalue weighted by atomic mass is 10.1. The van der Waals surface area contributed by atoms with Crippen molar-refractivity contribution in [2.24, 2.45) is 0 Å². The quantitative estimate of drug-likeness (QED) is 0.422. The van der Waals surface area contributed by atoms with Gasteiger partial charge in [-0.3, -0.25) is 9.52 Å². The van der Waals surface area contributed by atoms with Crippen LogP contribution in [0.1, 0.15) is 8.35 Å². The molecule has 1 atom stereocenters. The van der Waals surface area contributed by atoms with E-state index in [0.29, 0.717) is 25.2 Å². The van der Waals surface area contributed by atoms with E-state index in [9.17, 15) is 17.6 Å². The Bertz CT molecular complexity index is 1460. The first-order valence-corrected chi connectivity index (χ1v) is 13.3. The first kappa shape index (κ1) is 23.2. The Hall–Kier alpha value is -3.51. The summed E-state index contributed by atoms with van der Waals surface area (Å²) in [6.45, 7) is 3.90. The number of nitrogens with zero attached hydrogens (tertiary/aromatic N) is 5. The van der Waals surface area contributed by atoms with E-state index in [1.54, 1.807) is 41.1 Å². The summed E-state index contributed by atoms with van der Waals surface area (Å²) in [6, 6.07) is 13.0. The molecule has 0 bridgehead atoms. The normalized spacial score (nSPS) is 16.6. The van der Waals surface area contributed by atoms with Crippen LogP contribution in [0, 0.1) is 5.82 Å². The predicted molar refractivity (Wildman–Crippen MR) is 135 cm³/mol. The van der Waals surface area contributed by atoms with Crippen LogP contribution in [-0.4, -0.2) is 59.7 Å². The van der Waals surface area contributed by atoms with Crippen molar-refractivity contribution >= 4 is 49.0 Å². The zero-order valence-corrected chi connectivity index (χ0v) is 20.5. The molecule has 1 amide bonds. The van der Waals surface area contributed by atoms with E-state index < -0.39 is 10.0 Å². The topological polar surface area (TPSA) is 100 Å². The molecule has 12 heteroatoms. The molecule has 3 heterocycles.